The lowest BCUT2D eigenvalue weighted by atomic mass is 9.79. The first-order chi connectivity index (χ1) is 9.56. The lowest BCUT2D eigenvalue weighted by Gasteiger charge is -2.25. The van der Waals surface area contributed by atoms with Crippen LogP contribution in [0.1, 0.15) is 38.0 Å². The van der Waals surface area contributed by atoms with Gasteiger partial charge < -0.3 is 9.52 Å². The molecule has 0 aliphatic heterocycles. The SMILES string of the molecule is O=C(O)CC1(Cc2nc3cc(F)ccc3o2)CCCC1. The third-order valence-corrected chi connectivity index (χ3v) is 4.11. The average Bonchev–Trinajstić information content (AvgIpc) is 2.94. The molecule has 1 fully saturated rings. The minimum absolute atomic E-state index is 0.139. The average molecular weight is 277 g/mol. The summed E-state index contributed by atoms with van der Waals surface area (Å²) in [5.41, 5.74) is 0.777. The molecule has 0 atom stereocenters. The van der Waals surface area contributed by atoms with Gasteiger partial charge in [-0.1, -0.05) is 12.8 Å². The molecule has 1 aromatic carbocycles. The van der Waals surface area contributed by atoms with Gasteiger partial charge in [0.1, 0.15) is 11.3 Å². The molecule has 0 spiro atoms. The highest BCUT2D eigenvalue weighted by Gasteiger charge is 2.37. The van der Waals surface area contributed by atoms with E-state index < -0.39 is 5.97 Å². The van der Waals surface area contributed by atoms with Crippen LogP contribution in [0.15, 0.2) is 22.6 Å². The first-order valence-electron chi connectivity index (χ1n) is 6.83. The lowest BCUT2D eigenvalue weighted by molar-refractivity contribution is -0.139. The van der Waals surface area contributed by atoms with E-state index in [2.05, 4.69) is 4.98 Å². The van der Waals surface area contributed by atoms with E-state index in [-0.39, 0.29) is 17.7 Å². The van der Waals surface area contributed by atoms with Gasteiger partial charge in [0, 0.05) is 12.5 Å². The van der Waals surface area contributed by atoms with Gasteiger partial charge in [-0.3, -0.25) is 4.79 Å². The van der Waals surface area contributed by atoms with Crippen LogP contribution in [0.3, 0.4) is 0 Å². The summed E-state index contributed by atoms with van der Waals surface area (Å²) in [5.74, 6) is -0.624. The van der Waals surface area contributed by atoms with E-state index in [1.165, 1.54) is 12.1 Å². The Morgan fingerprint density at radius 3 is 2.85 bits per heavy atom. The van der Waals surface area contributed by atoms with Crippen molar-refractivity contribution in [1.29, 1.82) is 0 Å². The summed E-state index contributed by atoms with van der Waals surface area (Å²) in [6.07, 6.45) is 4.50. The first kappa shape index (κ1) is 13.1. The highest BCUT2D eigenvalue weighted by Crippen LogP contribution is 2.44. The van der Waals surface area contributed by atoms with Crippen LogP contribution in [-0.4, -0.2) is 16.1 Å². The van der Waals surface area contributed by atoms with E-state index in [4.69, 9.17) is 9.52 Å². The van der Waals surface area contributed by atoms with Gasteiger partial charge in [-0.25, -0.2) is 9.37 Å². The Balaban J connectivity index is 1.88. The van der Waals surface area contributed by atoms with Crippen molar-refractivity contribution in [2.45, 2.75) is 38.5 Å². The molecule has 0 amide bonds. The van der Waals surface area contributed by atoms with Crippen molar-refractivity contribution in [2.75, 3.05) is 0 Å². The Morgan fingerprint density at radius 1 is 1.40 bits per heavy atom. The van der Waals surface area contributed by atoms with Crippen LogP contribution in [0.4, 0.5) is 4.39 Å². The number of nitrogens with zero attached hydrogens (tertiary/aromatic N) is 1. The molecule has 1 aliphatic carbocycles. The number of aromatic nitrogens is 1. The second-order valence-electron chi connectivity index (χ2n) is 5.67. The molecule has 4 nitrogen and oxygen atoms in total. The Morgan fingerprint density at radius 2 is 2.15 bits per heavy atom. The van der Waals surface area contributed by atoms with Gasteiger partial charge in [-0.15, -0.1) is 0 Å². The van der Waals surface area contributed by atoms with E-state index in [9.17, 15) is 9.18 Å². The Hall–Kier alpha value is -1.91. The Labute approximate surface area is 115 Å². The molecule has 1 aliphatic rings. The normalized spacial score (nSPS) is 17.6. The van der Waals surface area contributed by atoms with Gasteiger partial charge in [0.05, 0.1) is 6.42 Å². The van der Waals surface area contributed by atoms with Gasteiger partial charge in [0.2, 0.25) is 0 Å². The molecule has 3 rings (SSSR count). The summed E-state index contributed by atoms with van der Waals surface area (Å²) in [5, 5.41) is 9.09. The summed E-state index contributed by atoms with van der Waals surface area (Å²) in [4.78, 5) is 15.4. The maximum absolute atomic E-state index is 13.1. The zero-order valence-electron chi connectivity index (χ0n) is 11.1. The van der Waals surface area contributed by atoms with Gasteiger partial charge in [0.15, 0.2) is 11.5 Å². The third-order valence-electron chi connectivity index (χ3n) is 4.11. The zero-order valence-corrected chi connectivity index (χ0v) is 11.1. The molecule has 1 heterocycles. The number of carboxylic acids is 1. The van der Waals surface area contributed by atoms with Crippen LogP contribution in [-0.2, 0) is 11.2 Å². The summed E-state index contributed by atoms with van der Waals surface area (Å²) >= 11 is 0. The van der Waals surface area contributed by atoms with E-state index in [1.54, 1.807) is 6.07 Å². The summed E-state index contributed by atoms with van der Waals surface area (Å²) in [7, 11) is 0. The molecule has 106 valence electrons. The molecular weight excluding hydrogens is 261 g/mol. The monoisotopic (exact) mass is 277 g/mol. The topological polar surface area (TPSA) is 63.3 Å². The molecule has 0 saturated heterocycles. The van der Waals surface area contributed by atoms with E-state index in [0.717, 1.165) is 25.7 Å². The van der Waals surface area contributed by atoms with Crippen LogP contribution in [0.25, 0.3) is 11.1 Å². The smallest absolute Gasteiger partial charge is 0.303 e. The fourth-order valence-electron chi connectivity index (χ4n) is 3.21. The van der Waals surface area contributed by atoms with Crippen molar-refractivity contribution in [1.82, 2.24) is 4.98 Å². The van der Waals surface area contributed by atoms with Crippen LogP contribution >= 0.6 is 0 Å². The van der Waals surface area contributed by atoms with Crippen LogP contribution in [0.5, 0.6) is 0 Å². The Kier molecular flexibility index (Phi) is 3.20. The summed E-state index contributed by atoms with van der Waals surface area (Å²) < 4.78 is 18.8. The minimum atomic E-state index is -0.783. The molecule has 0 radical (unpaired) electrons. The van der Waals surface area contributed by atoms with E-state index >= 15 is 0 Å². The predicted molar refractivity (Wildman–Crippen MR) is 70.8 cm³/mol. The van der Waals surface area contributed by atoms with Gasteiger partial charge in [0.25, 0.3) is 0 Å². The van der Waals surface area contributed by atoms with Crippen molar-refractivity contribution in [3.05, 3.63) is 29.9 Å². The number of hydrogen-bond acceptors (Lipinski definition) is 3. The summed E-state index contributed by atoms with van der Waals surface area (Å²) in [6, 6.07) is 4.22. The molecule has 5 heteroatoms. The van der Waals surface area contributed by atoms with Crippen LogP contribution in [0.2, 0.25) is 0 Å². The molecule has 2 aromatic rings. The number of hydrogen-bond donors (Lipinski definition) is 1. The summed E-state index contributed by atoms with van der Waals surface area (Å²) in [6.45, 7) is 0. The van der Waals surface area contributed by atoms with Crippen molar-refractivity contribution in [2.24, 2.45) is 5.41 Å². The fourth-order valence-corrected chi connectivity index (χ4v) is 3.21. The zero-order chi connectivity index (χ0) is 14.2. The highest BCUT2D eigenvalue weighted by atomic mass is 19.1. The molecule has 1 N–H and O–H groups in total. The molecule has 1 saturated carbocycles. The van der Waals surface area contributed by atoms with Gasteiger partial charge in [-0.05, 0) is 30.4 Å². The highest BCUT2D eigenvalue weighted by molar-refractivity contribution is 5.72. The maximum Gasteiger partial charge on any atom is 0.303 e. The van der Waals surface area contributed by atoms with Crippen LogP contribution in [0, 0.1) is 11.2 Å². The third kappa shape index (κ3) is 2.53. The molecule has 20 heavy (non-hydrogen) atoms. The number of halogens is 1. The first-order valence-corrected chi connectivity index (χ1v) is 6.83. The van der Waals surface area contributed by atoms with Gasteiger partial charge >= 0.3 is 5.97 Å². The second-order valence-corrected chi connectivity index (χ2v) is 5.67. The number of rotatable bonds is 4. The molecular formula is C15H16FNO3. The molecule has 0 unspecified atom stereocenters. The predicted octanol–water partition coefficient (Wildman–Crippen LogP) is 3.54. The van der Waals surface area contributed by atoms with Crippen molar-refractivity contribution in [3.63, 3.8) is 0 Å². The minimum Gasteiger partial charge on any atom is -0.481 e. The maximum atomic E-state index is 13.1. The lowest BCUT2D eigenvalue weighted by Crippen LogP contribution is -2.23. The quantitative estimate of drug-likeness (QED) is 0.928. The molecule has 1 aromatic heterocycles. The number of fused-ring (bicyclic) bond motifs is 1. The van der Waals surface area contributed by atoms with E-state index in [1.807, 2.05) is 0 Å². The molecule has 0 bridgehead atoms. The van der Waals surface area contributed by atoms with Crippen molar-refractivity contribution in [3.8, 4) is 0 Å². The second kappa shape index (κ2) is 4.89. The van der Waals surface area contributed by atoms with E-state index in [0.29, 0.717) is 23.4 Å². The fraction of sp³-hybridized carbons (Fsp3) is 0.467. The van der Waals surface area contributed by atoms with Crippen molar-refractivity contribution < 1.29 is 18.7 Å². The number of carboxylic acid groups (broad SMARTS) is 1. The van der Waals surface area contributed by atoms with Crippen molar-refractivity contribution >= 4 is 17.1 Å². The standard InChI is InChI=1S/C15H16FNO3/c16-10-3-4-12-11(7-10)17-13(20-12)8-15(9-14(18)19)5-1-2-6-15/h3-4,7H,1-2,5-6,8-9H2,(H,18,19). The largest absolute Gasteiger partial charge is 0.481 e. The number of oxazole rings is 1. The number of carbonyl (C=O) groups is 1. The van der Waals surface area contributed by atoms with Crippen LogP contribution < -0.4 is 0 Å². The number of aliphatic carboxylic acids is 1. The Bertz CT molecular complexity index is 644. The number of benzene rings is 1. The van der Waals surface area contributed by atoms with Gasteiger partial charge in [-0.2, -0.15) is 0 Å².